The molecule has 4 rings (SSSR count). The number of para-hydroxylation sites is 1. The first kappa shape index (κ1) is 19.4. The molecule has 1 atom stereocenters. The Hall–Kier alpha value is -2.35. The van der Waals surface area contributed by atoms with Crippen molar-refractivity contribution in [1.82, 2.24) is 15.2 Å². The summed E-state index contributed by atoms with van der Waals surface area (Å²) in [6, 6.07) is 14.3. The topological polar surface area (TPSA) is 80.7 Å². The monoisotopic (exact) mass is 404 g/mol. The predicted octanol–water partition coefficient (Wildman–Crippen LogP) is 4.65. The molecule has 140 valence electrons. The normalized spacial score (nSPS) is 12.1. The summed E-state index contributed by atoms with van der Waals surface area (Å²) in [7, 11) is 0. The fourth-order valence-electron chi connectivity index (χ4n) is 2.81. The first-order valence-electron chi connectivity index (χ1n) is 8.21. The van der Waals surface area contributed by atoms with Crippen LogP contribution in [0.2, 0.25) is 0 Å². The smallest absolute Gasteiger partial charge is 0.276 e. The molecule has 5 nitrogen and oxygen atoms in total. The Bertz CT molecular complexity index is 1040. The first-order chi connectivity index (χ1) is 12.7. The fraction of sp³-hybridized carbons (Fsp3) is 0.158. The van der Waals surface area contributed by atoms with Gasteiger partial charge in [-0.15, -0.1) is 22.6 Å². The van der Waals surface area contributed by atoms with Crippen LogP contribution < -0.4 is 5.73 Å². The van der Waals surface area contributed by atoms with Crippen LogP contribution >= 0.6 is 24.2 Å². The van der Waals surface area contributed by atoms with Gasteiger partial charge < -0.3 is 15.1 Å². The van der Waals surface area contributed by atoms with Crippen molar-refractivity contribution in [3.05, 3.63) is 77.6 Å². The summed E-state index contributed by atoms with van der Waals surface area (Å²) >= 11 is 1.29. The van der Waals surface area contributed by atoms with Gasteiger partial charge in [0.15, 0.2) is 0 Å². The molecule has 0 fully saturated rings. The fourth-order valence-corrected chi connectivity index (χ4v) is 3.56. The van der Waals surface area contributed by atoms with Crippen LogP contribution in [0.3, 0.4) is 0 Å². The van der Waals surface area contributed by atoms with Gasteiger partial charge in [-0.1, -0.05) is 48.2 Å². The summed E-state index contributed by atoms with van der Waals surface area (Å²) in [4.78, 5) is 3.23. The third-order valence-electron chi connectivity index (χ3n) is 4.16. The van der Waals surface area contributed by atoms with Gasteiger partial charge in [-0.25, -0.2) is 4.39 Å². The summed E-state index contributed by atoms with van der Waals surface area (Å²) in [6.07, 6.45) is 2.54. The van der Waals surface area contributed by atoms with E-state index in [-0.39, 0.29) is 18.2 Å². The van der Waals surface area contributed by atoms with Crippen LogP contribution in [0.1, 0.15) is 23.1 Å². The molecule has 3 N–H and O–H groups in total. The molecule has 27 heavy (non-hydrogen) atoms. The van der Waals surface area contributed by atoms with E-state index in [9.17, 15) is 4.39 Å². The molecule has 0 spiro atoms. The second-order valence-corrected chi connectivity index (χ2v) is 6.88. The number of nitrogens with one attached hydrogen (secondary N) is 1. The minimum atomic E-state index is -0.399. The van der Waals surface area contributed by atoms with Crippen LogP contribution in [0.25, 0.3) is 10.9 Å². The van der Waals surface area contributed by atoms with Crippen molar-refractivity contribution in [1.29, 1.82) is 0 Å². The third kappa shape index (κ3) is 4.32. The average molecular weight is 405 g/mol. The van der Waals surface area contributed by atoms with Crippen LogP contribution in [0, 0.1) is 5.82 Å². The number of rotatable bonds is 6. The van der Waals surface area contributed by atoms with E-state index < -0.39 is 6.04 Å². The van der Waals surface area contributed by atoms with E-state index in [2.05, 4.69) is 21.2 Å². The van der Waals surface area contributed by atoms with Gasteiger partial charge in [-0.3, -0.25) is 0 Å². The van der Waals surface area contributed by atoms with Gasteiger partial charge in [0, 0.05) is 22.9 Å². The zero-order valence-electron chi connectivity index (χ0n) is 14.3. The van der Waals surface area contributed by atoms with Crippen molar-refractivity contribution in [2.24, 2.45) is 5.73 Å². The molecule has 2 aromatic heterocycles. The minimum Gasteiger partial charge on any atom is -0.414 e. The van der Waals surface area contributed by atoms with Gasteiger partial charge in [0.1, 0.15) is 5.82 Å². The quantitative estimate of drug-likeness (QED) is 0.457. The second kappa shape index (κ2) is 8.56. The van der Waals surface area contributed by atoms with E-state index in [1.165, 1.54) is 17.8 Å². The Kier molecular flexibility index (Phi) is 6.15. The highest BCUT2D eigenvalue weighted by Crippen LogP contribution is 2.26. The van der Waals surface area contributed by atoms with Gasteiger partial charge in [0.2, 0.25) is 5.89 Å². The lowest BCUT2D eigenvalue weighted by Crippen LogP contribution is -2.13. The minimum absolute atomic E-state index is 0. The number of thioether (sulfide) groups is 1. The first-order valence-corrected chi connectivity index (χ1v) is 9.19. The van der Waals surface area contributed by atoms with E-state index in [0.717, 1.165) is 16.5 Å². The number of hydrogen-bond donors (Lipinski definition) is 2. The third-order valence-corrected chi connectivity index (χ3v) is 5.03. The average Bonchev–Trinajstić information content (AvgIpc) is 3.29. The van der Waals surface area contributed by atoms with Crippen molar-refractivity contribution >= 4 is 35.1 Å². The van der Waals surface area contributed by atoms with E-state index in [0.29, 0.717) is 28.9 Å². The maximum absolute atomic E-state index is 13.7. The largest absolute Gasteiger partial charge is 0.414 e. The molecule has 0 aliphatic heterocycles. The molecular weight excluding hydrogens is 387 g/mol. The molecular formula is C19H18ClFN4OS. The van der Waals surface area contributed by atoms with Crippen LogP contribution in [-0.2, 0) is 12.2 Å². The zero-order valence-corrected chi connectivity index (χ0v) is 15.9. The Morgan fingerprint density at radius 3 is 2.70 bits per heavy atom. The number of aromatic nitrogens is 3. The molecule has 1 unspecified atom stereocenters. The SMILES string of the molecule is Cl.NC(Cc1c[nH]c2ccccc12)c1nnc(SCc2ccccc2F)o1. The number of benzene rings is 2. The zero-order chi connectivity index (χ0) is 17.9. The molecule has 0 saturated heterocycles. The summed E-state index contributed by atoms with van der Waals surface area (Å²) in [5.41, 5.74) is 9.01. The Labute approximate surface area is 166 Å². The number of fused-ring (bicyclic) bond motifs is 1. The molecule has 0 bridgehead atoms. The molecule has 2 aromatic carbocycles. The van der Waals surface area contributed by atoms with Crippen molar-refractivity contribution in [3.8, 4) is 0 Å². The molecule has 0 saturated carbocycles. The van der Waals surface area contributed by atoms with Crippen LogP contribution in [0.15, 0.2) is 64.4 Å². The predicted molar refractivity (Wildman–Crippen MR) is 106 cm³/mol. The Morgan fingerprint density at radius 1 is 1.07 bits per heavy atom. The highest BCUT2D eigenvalue weighted by atomic mass is 35.5. The summed E-state index contributed by atoms with van der Waals surface area (Å²) in [5.74, 6) is 0.563. The lowest BCUT2D eigenvalue weighted by Gasteiger charge is -2.05. The maximum Gasteiger partial charge on any atom is 0.276 e. The highest BCUT2D eigenvalue weighted by molar-refractivity contribution is 7.98. The summed E-state index contributed by atoms with van der Waals surface area (Å²) < 4.78 is 19.3. The second-order valence-electron chi connectivity index (χ2n) is 5.96. The van der Waals surface area contributed by atoms with Crippen LogP contribution in [0.4, 0.5) is 4.39 Å². The molecule has 8 heteroatoms. The van der Waals surface area contributed by atoms with E-state index in [1.54, 1.807) is 18.2 Å². The van der Waals surface area contributed by atoms with Crippen LogP contribution in [0.5, 0.6) is 0 Å². The van der Waals surface area contributed by atoms with E-state index >= 15 is 0 Å². The number of H-pyrrole nitrogens is 1. The number of hydrogen-bond acceptors (Lipinski definition) is 5. The molecule has 0 aliphatic rings. The van der Waals surface area contributed by atoms with Gasteiger partial charge in [-0.05, 0) is 29.7 Å². The number of aromatic amines is 1. The number of nitrogens with zero attached hydrogens (tertiary/aromatic N) is 2. The summed E-state index contributed by atoms with van der Waals surface area (Å²) in [5, 5.41) is 9.58. The number of nitrogens with two attached hydrogens (primary N) is 1. The van der Waals surface area contributed by atoms with Crippen molar-refractivity contribution in [2.45, 2.75) is 23.4 Å². The van der Waals surface area contributed by atoms with Gasteiger partial charge in [0.25, 0.3) is 5.22 Å². The van der Waals surface area contributed by atoms with Gasteiger partial charge in [-0.2, -0.15) is 0 Å². The Morgan fingerprint density at radius 2 is 1.85 bits per heavy atom. The molecule has 2 heterocycles. The van der Waals surface area contributed by atoms with Crippen molar-refractivity contribution in [2.75, 3.05) is 0 Å². The van der Waals surface area contributed by atoms with Crippen molar-refractivity contribution < 1.29 is 8.81 Å². The van der Waals surface area contributed by atoms with Gasteiger partial charge in [0.05, 0.1) is 6.04 Å². The molecule has 0 aliphatic carbocycles. The maximum atomic E-state index is 13.7. The van der Waals surface area contributed by atoms with E-state index in [1.807, 2.05) is 24.4 Å². The molecule has 0 amide bonds. The Balaban J connectivity index is 0.00000210. The lowest BCUT2D eigenvalue weighted by molar-refractivity contribution is 0.385. The van der Waals surface area contributed by atoms with E-state index in [4.69, 9.17) is 10.2 Å². The molecule has 0 radical (unpaired) electrons. The lowest BCUT2D eigenvalue weighted by atomic mass is 10.1. The molecule has 4 aromatic rings. The van der Waals surface area contributed by atoms with Crippen molar-refractivity contribution in [3.63, 3.8) is 0 Å². The summed E-state index contributed by atoms with van der Waals surface area (Å²) in [6.45, 7) is 0. The highest BCUT2D eigenvalue weighted by Gasteiger charge is 2.17. The van der Waals surface area contributed by atoms with Gasteiger partial charge >= 0.3 is 0 Å². The number of halogens is 2. The standard InChI is InChI=1S/C19H17FN4OS.ClH/c20-15-7-3-1-5-12(15)11-26-19-24-23-18(25-19)16(21)9-13-10-22-17-8-4-2-6-14(13)17;/h1-8,10,16,22H,9,11,21H2;1H. The van der Waals surface area contributed by atoms with Crippen LogP contribution in [-0.4, -0.2) is 15.2 Å².